The van der Waals surface area contributed by atoms with E-state index in [-0.39, 0.29) is 24.8 Å². The van der Waals surface area contributed by atoms with Crippen molar-refractivity contribution < 1.29 is 36.7 Å². The quantitative estimate of drug-likeness (QED) is 0.299. The van der Waals surface area contributed by atoms with Crippen LogP contribution in [0.25, 0.3) is 17.2 Å². The van der Waals surface area contributed by atoms with Gasteiger partial charge in [-0.1, -0.05) is 60.7 Å². The number of amides is 1. The zero-order valence-electron chi connectivity index (χ0n) is 24.2. The Morgan fingerprint density at radius 2 is 1.52 bits per heavy atom. The highest BCUT2D eigenvalue weighted by Crippen LogP contribution is 2.44. The van der Waals surface area contributed by atoms with Gasteiger partial charge >= 0.3 is 19.4 Å². The zero-order valence-corrected chi connectivity index (χ0v) is 24.2. The summed E-state index contributed by atoms with van der Waals surface area (Å²) in [6.07, 6.45) is -3.54. The lowest BCUT2D eigenvalue weighted by atomic mass is 9.77. The number of hydrogen-bond acceptors (Lipinski definition) is 5. The number of rotatable bonds is 7. The second-order valence-electron chi connectivity index (χ2n) is 11.4. The third kappa shape index (κ3) is 5.78. The van der Waals surface area contributed by atoms with Gasteiger partial charge in [-0.3, -0.25) is 0 Å². The number of alkyl halides is 3. The molecule has 1 N–H and O–H groups in total. The van der Waals surface area contributed by atoms with Crippen LogP contribution in [0.2, 0.25) is 0 Å². The molecule has 5 rings (SSSR count). The highest BCUT2D eigenvalue weighted by atomic mass is 19.4. The molecule has 1 heterocycles. The lowest BCUT2D eigenvalue weighted by Gasteiger charge is -2.32. The minimum atomic E-state index is -4.52. The molecule has 0 aromatic heterocycles. The average Bonchev–Trinajstić information content (AvgIpc) is 3.38. The Kier molecular flexibility index (Phi) is 7.89. The molecule has 3 aromatic carbocycles. The Morgan fingerprint density at radius 1 is 0.952 bits per heavy atom. The van der Waals surface area contributed by atoms with Gasteiger partial charge in [0.05, 0.1) is 23.9 Å². The second-order valence-corrected chi connectivity index (χ2v) is 11.4. The van der Waals surface area contributed by atoms with E-state index in [0.717, 1.165) is 34.4 Å². The molecule has 42 heavy (non-hydrogen) atoms. The third-order valence-corrected chi connectivity index (χ3v) is 8.24. The molecule has 1 aliphatic heterocycles. The summed E-state index contributed by atoms with van der Waals surface area (Å²) in [4.78, 5) is 12.9. The molecule has 0 radical (unpaired) electrons. The standard InChI is InChI=1S/C32H33BF3NO5/c1-30(2)31(3,4)42-33(41-30)22(16-20-14-15-21(32(34,35)36)17-28(20)39-5)18-37-29(38)40-19-27-25-12-8-6-10-23(25)24-11-7-9-13-26(24)27/h6-17,27H,18-19H2,1-5H3,(H,37,38). The second kappa shape index (κ2) is 11.1. The molecule has 0 spiro atoms. The lowest BCUT2D eigenvalue weighted by molar-refractivity contribution is -0.137. The summed E-state index contributed by atoms with van der Waals surface area (Å²) in [5.41, 5.74) is 3.12. The number of fused-ring (bicyclic) bond motifs is 3. The summed E-state index contributed by atoms with van der Waals surface area (Å²) in [6.45, 7) is 7.68. The van der Waals surface area contributed by atoms with Gasteiger partial charge in [0.1, 0.15) is 12.4 Å². The number of hydrogen-bond donors (Lipinski definition) is 1. The van der Waals surface area contributed by atoms with E-state index in [2.05, 4.69) is 17.4 Å². The minimum Gasteiger partial charge on any atom is -0.496 e. The van der Waals surface area contributed by atoms with E-state index in [9.17, 15) is 18.0 Å². The van der Waals surface area contributed by atoms with Crippen LogP contribution in [-0.2, 0) is 20.2 Å². The van der Waals surface area contributed by atoms with Crippen molar-refractivity contribution in [2.45, 2.75) is 51.0 Å². The molecule has 3 aromatic rings. The van der Waals surface area contributed by atoms with E-state index >= 15 is 0 Å². The topological polar surface area (TPSA) is 66.0 Å². The van der Waals surface area contributed by atoms with Crippen molar-refractivity contribution in [3.63, 3.8) is 0 Å². The molecular weight excluding hydrogens is 546 g/mol. The first-order chi connectivity index (χ1) is 19.8. The summed E-state index contributed by atoms with van der Waals surface area (Å²) >= 11 is 0. The Hall–Kier alpha value is -3.76. The van der Waals surface area contributed by atoms with Gasteiger partial charge in [0.2, 0.25) is 0 Å². The first-order valence-electron chi connectivity index (χ1n) is 13.7. The maximum Gasteiger partial charge on any atom is 0.492 e. The van der Waals surface area contributed by atoms with E-state index in [1.807, 2.05) is 64.1 Å². The van der Waals surface area contributed by atoms with Crippen LogP contribution in [0, 0.1) is 0 Å². The zero-order chi connectivity index (χ0) is 30.3. The molecule has 0 atom stereocenters. The van der Waals surface area contributed by atoms with Gasteiger partial charge in [0, 0.05) is 18.0 Å². The molecule has 220 valence electrons. The summed E-state index contributed by atoms with van der Waals surface area (Å²) in [7, 11) is 0.437. The number of carbonyl (C=O) groups is 1. The summed E-state index contributed by atoms with van der Waals surface area (Å²) in [6, 6.07) is 19.3. The van der Waals surface area contributed by atoms with Gasteiger partial charge in [-0.05, 0) is 67.6 Å². The van der Waals surface area contributed by atoms with Crippen molar-refractivity contribution in [3.05, 3.63) is 94.5 Å². The fraction of sp³-hybridized carbons (Fsp3) is 0.344. The monoisotopic (exact) mass is 579 g/mol. The summed E-state index contributed by atoms with van der Waals surface area (Å²) in [5.74, 6) is -0.0716. The van der Waals surface area contributed by atoms with Crippen LogP contribution >= 0.6 is 0 Å². The smallest absolute Gasteiger partial charge is 0.492 e. The van der Waals surface area contributed by atoms with E-state index in [1.54, 1.807) is 6.08 Å². The Morgan fingerprint density at radius 3 is 2.07 bits per heavy atom. The number of methoxy groups -OCH3 is 1. The molecule has 1 aliphatic carbocycles. The molecule has 1 fully saturated rings. The maximum absolute atomic E-state index is 13.3. The van der Waals surface area contributed by atoms with Crippen molar-refractivity contribution in [3.8, 4) is 16.9 Å². The van der Waals surface area contributed by atoms with Gasteiger partial charge in [-0.2, -0.15) is 13.2 Å². The molecule has 1 amide bonds. The fourth-order valence-electron chi connectivity index (χ4n) is 5.23. The van der Waals surface area contributed by atoms with E-state index < -0.39 is 36.2 Å². The first kappa shape index (κ1) is 29.7. The highest BCUT2D eigenvalue weighted by Gasteiger charge is 2.52. The fourth-order valence-corrected chi connectivity index (χ4v) is 5.23. The Labute approximate surface area is 244 Å². The number of benzene rings is 3. The number of nitrogens with one attached hydrogen (secondary N) is 1. The molecule has 10 heteroatoms. The molecule has 0 unspecified atom stereocenters. The van der Waals surface area contributed by atoms with Crippen LogP contribution in [0.5, 0.6) is 5.75 Å². The van der Waals surface area contributed by atoms with Gasteiger partial charge in [0.25, 0.3) is 0 Å². The molecule has 1 saturated heterocycles. The van der Waals surface area contributed by atoms with Gasteiger partial charge in [-0.25, -0.2) is 4.79 Å². The Balaban J connectivity index is 1.35. The van der Waals surface area contributed by atoms with Crippen molar-refractivity contribution in [1.29, 1.82) is 0 Å². The summed E-state index contributed by atoms with van der Waals surface area (Å²) < 4.78 is 63.2. The number of ether oxygens (including phenoxy) is 2. The van der Waals surface area contributed by atoms with Crippen molar-refractivity contribution in [1.82, 2.24) is 5.32 Å². The molecule has 6 nitrogen and oxygen atoms in total. The number of carbonyl (C=O) groups excluding carboxylic acids is 1. The van der Waals surface area contributed by atoms with Crippen LogP contribution in [0.4, 0.5) is 18.0 Å². The molecule has 0 bridgehead atoms. The Bertz CT molecular complexity index is 1460. The third-order valence-electron chi connectivity index (χ3n) is 8.24. The normalized spacial score (nSPS) is 17.5. The lowest BCUT2D eigenvalue weighted by Crippen LogP contribution is -2.41. The SMILES string of the molecule is COc1cc(C(F)(F)F)ccc1C=C(CNC(=O)OCC1c2ccccc2-c2ccccc21)B1OC(C)(C)C(C)(C)O1. The van der Waals surface area contributed by atoms with Gasteiger partial charge in [0.15, 0.2) is 0 Å². The highest BCUT2D eigenvalue weighted by molar-refractivity contribution is 6.56. The van der Waals surface area contributed by atoms with E-state index in [1.165, 1.54) is 13.2 Å². The first-order valence-corrected chi connectivity index (χ1v) is 13.7. The van der Waals surface area contributed by atoms with Crippen LogP contribution < -0.4 is 10.1 Å². The van der Waals surface area contributed by atoms with Crippen LogP contribution in [-0.4, -0.2) is 44.7 Å². The van der Waals surface area contributed by atoms with E-state index in [0.29, 0.717) is 11.0 Å². The van der Waals surface area contributed by atoms with E-state index in [4.69, 9.17) is 18.8 Å². The molecule has 2 aliphatic rings. The largest absolute Gasteiger partial charge is 0.496 e. The minimum absolute atomic E-state index is 0.0278. The average molecular weight is 579 g/mol. The maximum atomic E-state index is 13.3. The van der Waals surface area contributed by atoms with Crippen LogP contribution in [0.3, 0.4) is 0 Å². The summed E-state index contributed by atoms with van der Waals surface area (Å²) in [5, 5.41) is 2.77. The van der Waals surface area contributed by atoms with Crippen LogP contribution in [0.15, 0.2) is 72.2 Å². The molecular formula is C32H33BF3NO5. The number of halogens is 3. The van der Waals surface area contributed by atoms with Gasteiger partial charge in [-0.15, -0.1) is 0 Å². The van der Waals surface area contributed by atoms with Crippen molar-refractivity contribution in [2.75, 3.05) is 20.3 Å². The van der Waals surface area contributed by atoms with Crippen molar-refractivity contribution in [2.24, 2.45) is 0 Å². The predicted octanol–water partition coefficient (Wildman–Crippen LogP) is 7.27. The number of alkyl carbamates (subject to hydrolysis) is 1. The van der Waals surface area contributed by atoms with Crippen molar-refractivity contribution >= 4 is 19.3 Å². The van der Waals surface area contributed by atoms with Gasteiger partial charge < -0.3 is 24.1 Å². The molecule has 0 saturated carbocycles. The predicted molar refractivity (Wildman–Crippen MR) is 155 cm³/mol. The van der Waals surface area contributed by atoms with Crippen LogP contribution in [0.1, 0.15) is 55.9 Å².